The van der Waals surface area contributed by atoms with E-state index in [1.807, 2.05) is 25.4 Å². The van der Waals surface area contributed by atoms with E-state index in [-0.39, 0.29) is 6.03 Å². The summed E-state index contributed by atoms with van der Waals surface area (Å²) in [7, 11) is 1.87. The van der Waals surface area contributed by atoms with Gasteiger partial charge >= 0.3 is 6.03 Å². The van der Waals surface area contributed by atoms with Crippen molar-refractivity contribution < 1.29 is 4.79 Å². The molecule has 1 aromatic heterocycles. The van der Waals surface area contributed by atoms with Gasteiger partial charge in [0, 0.05) is 36.4 Å². The second kappa shape index (κ2) is 8.06. The second-order valence-corrected chi connectivity index (χ2v) is 5.86. The molecule has 1 heterocycles. The van der Waals surface area contributed by atoms with Gasteiger partial charge in [-0.15, -0.1) is 0 Å². The topological polar surface area (TPSA) is 59.0 Å². The van der Waals surface area contributed by atoms with Gasteiger partial charge in [0.1, 0.15) is 0 Å². The maximum absolute atomic E-state index is 11.7. The minimum absolute atomic E-state index is 0.183. The van der Waals surface area contributed by atoms with Crippen LogP contribution in [0.25, 0.3) is 0 Å². The number of aryl methyl sites for hydroxylation is 1. The standard InChI is InChI=1S/C15H18Cl2N4O/c1-21-10-12(9-20-21)3-5-19-15(22)18-4-2-11-6-13(16)8-14(17)7-11/h6-10H,2-5H2,1H3,(H2,18,19,22). The Bertz CT molecular complexity index is 622. The summed E-state index contributed by atoms with van der Waals surface area (Å²) in [5, 5.41) is 10.9. The van der Waals surface area contributed by atoms with Crippen molar-refractivity contribution in [3.63, 3.8) is 0 Å². The highest BCUT2D eigenvalue weighted by Gasteiger charge is 2.02. The Morgan fingerprint density at radius 2 is 1.68 bits per heavy atom. The number of rotatable bonds is 6. The first-order valence-corrected chi connectivity index (χ1v) is 7.73. The molecule has 22 heavy (non-hydrogen) atoms. The third kappa shape index (κ3) is 5.58. The number of nitrogens with one attached hydrogen (secondary N) is 2. The summed E-state index contributed by atoms with van der Waals surface area (Å²) in [4.78, 5) is 11.7. The molecule has 118 valence electrons. The number of aromatic nitrogens is 2. The quantitative estimate of drug-likeness (QED) is 0.849. The molecular formula is C15H18Cl2N4O. The molecule has 0 unspecified atom stereocenters. The molecule has 0 radical (unpaired) electrons. The summed E-state index contributed by atoms with van der Waals surface area (Å²) in [5.74, 6) is 0. The van der Waals surface area contributed by atoms with Gasteiger partial charge < -0.3 is 10.6 Å². The van der Waals surface area contributed by atoms with Crippen molar-refractivity contribution in [3.05, 3.63) is 51.8 Å². The van der Waals surface area contributed by atoms with Crippen molar-refractivity contribution in [2.75, 3.05) is 13.1 Å². The van der Waals surface area contributed by atoms with Gasteiger partial charge in [-0.1, -0.05) is 23.2 Å². The van der Waals surface area contributed by atoms with Crippen LogP contribution < -0.4 is 10.6 Å². The summed E-state index contributed by atoms with van der Waals surface area (Å²) in [6.45, 7) is 1.09. The molecule has 2 N–H and O–H groups in total. The third-order valence-electron chi connectivity index (χ3n) is 3.08. The van der Waals surface area contributed by atoms with E-state index in [1.54, 1.807) is 16.9 Å². The van der Waals surface area contributed by atoms with E-state index in [2.05, 4.69) is 15.7 Å². The van der Waals surface area contributed by atoms with Gasteiger partial charge in [0.25, 0.3) is 0 Å². The first kappa shape index (κ1) is 16.6. The molecule has 5 nitrogen and oxygen atoms in total. The Balaban J connectivity index is 1.65. The van der Waals surface area contributed by atoms with Crippen LogP contribution in [-0.2, 0) is 19.9 Å². The Hall–Kier alpha value is -1.72. The fourth-order valence-corrected chi connectivity index (χ4v) is 2.63. The molecule has 0 saturated carbocycles. The molecule has 2 aromatic rings. The SMILES string of the molecule is Cn1cc(CCNC(=O)NCCc2cc(Cl)cc(Cl)c2)cn1. The molecule has 0 spiro atoms. The lowest BCUT2D eigenvalue weighted by molar-refractivity contribution is 0.241. The van der Waals surface area contributed by atoms with Crippen molar-refractivity contribution >= 4 is 29.2 Å². The fraction of sp³-hybridized carbons (Fsp3) is 0.333. The maximum Gasteiger partial charge on any atom is 0.314 e. The highest BCUT2D eigenvalue weighted by molar-refractivity contribution is 6.34. The van der Waals surface area contributed by atoms with Crippen molar-refractivity contribution in [2.45, 2.75) is 12.8 Å². The highest BCUT2D eigenvalue weighted by Crippen LogP contribution is 2.19. The predicted molar refractivity (Wildman–Crippen MR) is 88.5 cm³/mol. The van der Waals surface area contributed by atoms with E-state index in [0.29, 0.717) is 29.6 Å². The average molecular weight is 341 g/mol. The van der Waals surface area contributed by atoms with E-state index in [0.717, 1.165) is 17.5 Å². The number of hydrogen-bond donors (Lipinski definition) is 2. The molecule has 0 bridgehead atoms. The third-order valence-corrected chi connectivity index (χ3v) is 3.52. The number of urea groups is 1. The number of hydrogen-bond acceptors (Lipinski definition) is 2. The summed E-state index contributed by atoms with van der Waals surface area (Å²) in [5.41, 5.74) is 2.09. The summed E-state index contributed by atoms with van der Waals surface area (Å²) >= 11 is 11.9. The van der Waals surface area contributed by atoms with Crippen LogP contribution in [-0.4, -0.2) is 28.9 Å². The van der Waals surface area contributed by atoms with Crippen molar-refractivity contribution in [1.29, 1.82) is 0 Å². The van der Waals surface area contributed by atoms with Gasteiger partial charge in [-0.3, -0.25) is 4.68 Å². The number of amides is 2. The largest absolute Gasteiger partial charge is 0.338 e. The normalized spacial score (nSPS) is 10.5. The minimum Gasteiger partial charge on any atom is -0.338 e. The monoisotopic (exact) mass is 340 g/mol. The van der Waals surface area contributed by atoms with Crippen molar-refractivity contribution in [2.24, 2.45) is 7.05 Å². The molecule has 0 aliphatic rings. The zero-order chi connectivity index (χ0) is 15.9. The van der Waals surface area contributed by atoms with Crippen LogP contribution >= 0.6 is 23.2 Å². The van der Waals surface area contributed by atoms with Crippen LogP contribution in [0.3, 0.4) is 0 Å². The fourth-order valence-electron chi connectivity index (χ4n) is 2.06. The Labute approximate surface area is 139 Å². The zero-order valence-electron chi connectivity index (χ0n) is 12.3. The minimum atomic E-state index is -0.183. The van der Waals surface area contributed by atoms with Gasteiger partial charge in [-0.25, -0.2) is 4.79 Å². The van der Waals surface area contributed by atoms with Crippen molar-refractivity contribution in [3.8, 4) is 0 Å². The average Bonchev–Trinajstić information content (AvgIpc) is 2.83. The lowest BCUT2D eigenvalue weighted by Gasteiger charge is -2.07. The predicted octanol–water partition coefficient (Wildman–Crippen LogP) is 2.81. The molecule has 0 aliphatic carbocycles. The molecule has 0 fully saturated rings. The molecule has 0 aliphatic heterocycles. The van der Waals surface area contributed by atoms with Gasteiger partial charge in [0.2, 0.25) is 0 Å². The first-order chi connectivity index (χ1) is 10.5. The zero-order valence-corrected chi connectivity index (χ0v) is 13.8. The van der Waals surface area contributed by atoms with Gasteiger partial charge in [0.05, 0.1) is 6.20 Å². The summed E-state index contributed by atoms with van der Waals surface area (Å²) in [6.07, 6.45) is 5.16. The number of nitrogens with zero attached hydrogens (tertiary/aromatic N) is 2. The number of carbonyl (C=O) groups excluding carboxylic acids is 1. The van der Waals surface area contributed by atoms with Crippen LogP contribution in [0, 0.1) is 0 Å². The molecule has 7 heteroatoms. The van der Waals surface area contributed by atoms with Gasteiger partial charge in [-0.05, 0) is 42.2 Å². The van der Waals surface area contributed by atoms with Crippen LogP contribution in [0.15, 0.2) is 30.6 Å². The van der Waals surface area contributed by atoms with Crippen LogP contribution in [0.2, 0.25) is 10.0 Å². The van der Waals surface area contributed by atoms with Crippen LogP contribution in [0.1, 0.15) is 11.1 Å². The molecule has 2 amide bonds. The summed E-state index contributed by atoms with van der Waals surface area (Å²) in [6, 6.07) is 5.19. The molecule has 1 aromatic carbocycles. The summed E-state index contributed by atoms with van der Waals surface area (Å²) < 4.78 is 1.74. The second-order valence-electron chi connectivity index (χ2n) is 4.98. The Morgan fingerprint density at radius 3 is 2.23 bits per heavy atom. The van der Waals surface area contributed by atoms with E-state index < -0.39 is 0 Å². The smallest absolute Gasteiger partial charge is 0.314 e. The lowest BCUT2D eigenvalue weighted by Crippen LogP contribution is -2.37. The number of halogens is 2. The van der Waals surface area contributed by atoms with Gasteiger partial charge in [-0.2, -0.15) is 5.10 Å². The number of carbonyl (C=O) groups is 1. The van der Waals surface area contributed by atoms with Gasteiger partial charge in [0.15, 0.2) is 0 Å². The lowest BCUT2D eigenvalue weighted by atomic mass is 10.1. The van der Waals surface area contributed by atoms with E-state index in [9.17, 15) is 4.79 Å². The highest BCUT2D eigenvalue weighted by atomic mass is 35.5. The Morgan fingerprint density at radius 1 is 1.09 bits per heavy atom. The van der Waals surface area contributed by atoms with E-state index >= 15 is 0 Å². The number of benzene rings is 1. The molecule has 0 atom stereocenters. The maximum atomic E-state index is 11.7. The van der Waals surface area contributed by atoms with E-state index in [1.165, 1.54) is 0 Å². The van der Waals surface area contributed by atoms with Crippen LogP contribution in [0.4, 0.5) is 4.79 Å². The van der Waals surface area contributed by atoms with Crippen molar-refractivity contribution in [1.82, 2.24) is 20.4 Å². The van der Waals surface area contributed by atoms with E-state index in [4.69, 9.17) is 23.2 Å². The molecule has 2 rings (SSSR count). The Kier molecular flexibility index (Phi) is 6.10. The first-order valence-electron chi connectivity index (χ1n) is 6.97. The van der Waals surface area contributed by atoms with Crippen LogP contribution in [0.5, 0.6) is 0 Å². The molecular weight excluding hydrogens is 323 g/mol. The molecule has 0 saturated heterocycles.